The van der Waals surface area contributed by atoms with Crippen molar-refractivity contribution in [2.75, 3.05) is 29.6 Å². The summed E-state index contributed by atoms with van der Waals surface area (Å²) in [6.07, 6.45) is -10.4. The summed E-state index contributed by atoms with van der Waals surface area (Å²) in [6, 6.07) is 2.12. The fourth-order valence-electron chi connectivity index (χ4n) is 6.21. The number of aryl methyl sites for hydroxylation is 2. The van der Waals surface area contributed by atoms with Gasteiger partial charge in [0.15, 0.2) is 23.7 Å². The van der Waals surface area contributed by atoms with Gasteiger partial charge in [0.1, 0.15) is 36.6 Å². The number of H-pyrrole nitrogens is 1. The van der Waals surface area contributed by atoms with E-state index in [1.807, 2.05) is 4.98 Å². The number of aromatic nitrogens is 2. The van der Waals surface area contributed by atoms with E-state index in [0.717, 1.165) is 17.6 Å². The molecule has 1 saturated heterocycles. The molecule has 1 amide bonds. The van der Waals surface area contributed by atoms with Crippen LogP contribution in [0.4, 0.5) is 22.9 Å². The average molecular weight is 856 g/mol. The zero-order chi connectivity index (χ0) is 42.6. The van der Waals surface area contributed by atoms with Gasteiger partial charge in [-0.15, -0.1) is 4.99 Å². The van der Waals surface area contributed by atoms with Crippen molar-refractivity contribution in [2.45, 2.75) is 70.5 Å². The van der Waals surface area contributed by atoms with Crippen molar-refractivity contribution < 1.29 is 77.0 Å². The highest BCUT2D eigenvalue weighted by atomic mass is 31.3. The minimum Gasteiger partial charge on any atom is -0.846 e. The third-order valence-electron chi connectivity index (χ3n) is 9.32. The number of phosphoric acid groups is 2. The molecule has 1 fully saturated rings. The molecule has 4 aliphatic heterocycles. The predicted molar refractivity (Wildman–Crippen MR) is 198 cm³/mol. The molecule has 0 radical (unpaired) electrons. The van der Waals surface area contributed by atoms with E-state index in [1.54, 1.807) is 39.8 Å². The Labute approximate surface area is 327 Å². The molecule has 6 rings (SSSR count). The van der Waals surface area contributed by atoms with Crippen molar-refractivity contribution in [2.24, 2.45) is 20.9 Å². The number of aliphatic hydroxyl groups is 5. The van der Waals surface area contributed by atoms with Crippen LogP contribution in [0.2, 0.25) is 0 Å². The van der Waals surface area contributed by atoms with Crippen LogP contribution in [0, 0.1) is 25.2 Å². The summed E-state index contributed by atoms with van der Waals surface area (Å²) >= 11 is 0. The standard InChI is InChI=1S/C31H39N9O16P2/c1-12(2)29(47)40-16-6-14(4)13(3)5-15(16)38(27-21(40)28(46)37-31(48)36-27)7-17(41)22(43)18(42)8-53-57(49,50)56-58(51,52)54-9-19-23(44)24(45)30(55-19)39-11-35-20-25(32)33-10-34-26(20)39/h5-6,10-12,17-19,22-24,30,32,41-45H,7-9H2,1-4H3,(H3-,36,37,46,48,49,50,51,52)/t17-,18+,19+,22-,23+,24+,30+/m0/s1. The molecule has 1 aromatic heterocycles. The molecule has 25 nitrogen and oxygen atoms in total. The Hall–Kier alpha value is -4.46. The fourth-order valence-corrected chi connectivity index (χ4v) is 8.31. The van der Waals surface area contributed by atoms with Crippen LogP contribution in [0.3, 0.4) is 0 Å². The topological polar surface area (TPSA) is 369 Å². The van der Waals surface area contributed by atoms with Crippen molar-refractivity contribution in [1.29, 1.82) is 5.41 Å². The molecule has 2 unspecified atom stereocenters. The Morgan fingerprint density at radius 2 is 1.71 bits per heavy atom. The maximum atomic E-state index is 13.4. The first-order valence-electron chi connectivity index (χ1n) is 17.3. The normalized spacial score (nSPS) is 24.9. The molecule has 58 heavy (non-hydrogen) atoms. The number of hydrogen-bond donors (Lipinski definition) is 9. The Morgan fingerprint density at radius 1 is 1.05 bits per heavy atom. The Bertz CT molecular complexity index is 2300. The number of aromatic amines is 1. The highest BCUT2D eigenvalue weighted by Gasteiger charge is 2.51. The van der Waals surface area contributed by atoms with Gasteiger partial charge in [-0.25, -0.2) is 18.7 Å². The van der Waals surface area contributed by atoms with Crippen LogP contribution in [-0.2, 0) is 32.0 Å². The third-order valence-corrected chi connectivity index (χ3v) is 11.9. The molecular formula is C31H39N9O16P2. The lowest BCUT2D eigenvalue weighted by Gasteiger charge is -2.40. The van der Waals surface area contributed by atoms with Crippen molar-refractivity contribution in [3.63, 3.8) is 0 Å². The smallest absolute Gasteiger partial charge is 0.481 e. The molecular weight excluding hydrogens is 816 g/mol. The molecule has 0 saturated carbocycles. The van der Waals surface area contributed by atoms with E-state index in [1.165, 1.54) is 9.48 Å². The van der Waals surface area contributed by atoms with Gasteiger partial charge in [-0.2, -0.15) is 9.30 Å². The van der Waals surface area contributed by atoms with Crippen molar-refractivity contribution >= 4 is 74.5 Å². The summed E-state index contributed by atoms with van der Waals surface area (Å²) in [5, 5.41) is 73.8. The first kappa shape index (κ1) is 43.1. The predicted octanol–water partition coefficient (Wildman–Crippen LogP) is -2.07. The molecule has 0 spiro atoms. The van der Waals surface area contributed by atoms with E-state index in [9.17, 15) is 59.1 Å². The molecule has 314 valence electrons. The van der Waals surface area contributed by atoms with E-state index in [4.69, 9.17) is 14.7 Å². The van der Waals surface area contributed by atoms with Gasteiger partial charge in [0.05, 0.1) is 37.1 Å². The van der Waals surface area contributed by atoms with E-state index in [0.29, 0.717) is 11.1 Å². The summed E-state index contributed by atoms with van der Waals surface area (Å²) in [6.45, 7) is 3.75. The molecule has 9 N–H and O–H groups in total. The number of rotatable bonds is 14. The second-order valence-corrected chi connectivity index (χ2v) is 16.8. The van der Waals surface area contributed by atoms with Gasteiger partial charge < -0.3 is 55.0 Å². The fraction of sp³-hybridized carbons (Fsp3) is 0.484. The largest absolute Gasteiger partial charge is 0.846 e. The summed E-state index contributed by atoms with van der Waals surface area (Å²) in [5.74, 6) is -1.66. The number of carbonyl (C=O) groups is 1. The van der Waals surface area contributed by atoms with Gasteiger partial charge in [0, 0.05) is 5.92 Å². The van der Waals surface area contributed by atoms with Gasteiger partial charge in [0.25, 0.3) is 11.3 Å². The second kappa shape index (κ2) is 16.3. The SMILES string of the molecule is Cc1cc2c(cc1C)N(C(=O)C(C)C)c1c(nc([O-])[nH]c1=O)N2C[C@H](O)[C@H](O)[C@H](O)COP(=O)(O)OP(=O)(O)OC[C@H]1O[C@@H]([N+]2=CN=C3C(=N)N=CN=C32)[C@H](O)[C@@H]1O. The molecule has 9 atom stereocenters. The van der Waals surface area contributed by atoms with Gasteiger partial charge in [-0.3, -0.25) is 28.9 Å². The molecule has 1 aromatic carbocycles. The number of nitrogens with zero attached hydrogens (tertiary/aromatic N) is 7. The summed E-state index contributed by atoms with van der Waals surface area (Å²) < 4.78 is 45.5. The Morgan fingerprint density at radius 3 is 2.38 bits per heavy atom. The molecule has 0 aliphatic carbocycles. The number of nitrogens with one attached hydrogen (secondary N) is 2. The van der Waals surface area contributed by atoms with Crippen LogP contribution >= 0.6 is 15.6 Å². The number of ether oxygens (including phenoxy) is 1. The van der Waals surface area contributed by atoms with Gasteiger partial charge in [-0.05, 0) is 37.1 Å². The van der Waals surface area contributed by atoms with Crippen molar-refractivity contribution in [3.05, 3.63) is 33.6 Å². The summed E-state index contributed by atoms with van der Waals surface area (Å²) in [4.78, 5) is 66.7. The quantitative estimate of drug-likeness (QED) is 0.0727. The number of hydrogen-bond acceptors (Lipinski definition) is 19. The number of fused-ring (bicyclic) bond motifs is 3. The van der Waals surface area contributed by atoms with E-state index >= 15 is 0 Å². The van der Waals surface area contributed by atoms with E-state index in [2.05, 4.69) is 28.8 Å². The number of aliphatic imine (C=N–C) groups is 3. The Balaban J connectivity index is 1.08. The number of amides is 1. The molecule has 27 heteroatoms. The van der Waals surface area contributed by atoms with E-state index < -0.39 is 102 Å². The lowest BCUT2D eigenvalue weighted by atomic mass is 10.0. The molecule has 2 aromatic rings. The van der Waals surface area contributed by atoms with Crippen LogP contribution in [0.5, 0.6) is 6.01 Å². The lowest BCUT2D eigenvalue weighted by Crippen LogP contribution is -2.47. The van der Waals surface area contributed by atoms with Crippen molar-refractivity contribution in [3.8, 4) is 6.01 Å². The number of carbonyl (C=O) groups excluding carboxylic acids is 1. The van der Waals surface area contributed by atoms with Crippen LogP contribution in [0.25, 0.3) is 0 Å². The highest BCUT2D eigenvalue weighted by Crippen LogP contribution is 2.60. The third kappa shape index (κ3) is 8.49. The van der Waals surface area contributed by atoms with Gasteiger partial charge in [-0.1, -0.05) is 18.8 Å². The number of β-amino-alcohol motifs (C(OH)–C–C–N with tert-alkyl or cyclic N) is 1. The molecule has 5 heterocycles. The minimum absolute atomic E-state index is 0.0524. The van der Waals surface area contributed by atoms with Crippen LogP contribution in [-0.4, -0.2) is 148 Å². The number of amidine groups is 2. The lowest BCUT2D eigenvalue weighted by molar-refractivity contribution is -0.517. The number of phosphoric ester groups is 2. The number of anilines is 4. The van der Waals surface area contributed by atoms with E-state index in [-0.39, 0.29) is 40.3 Å². The average Bonchev–Trinajstić information content (AvgIpc) is 3.70. The van der Waals surface area contributed by atoms with Gasteiger partial charge >= 0.3 is 21.5 Å². The van der Waals surface area contributed by atoms with Crippen LogP contribution in [0.1, 0.15) is 25.0 Å². The maximum Gasteiger partial charge on any atom is 0.481 e. The molecule has 0 bridgehead atoms. The van der Waals surface area contributed by atoms with Crippen molar-refractivity contribution in [1.82, 2.24) is 9.97 Å². The maximum absolute atomic E-state index is 13.4. The van der Waals surface area contributed by atoms with Crippen LogP contribution in [0.15, 0.2) is 31.9 Å². The summed E-state index contributed by atoms with van der Waals surface area (Å²) in [7, 11) is -11.1. The Kier molecular flexibility index (Phi) is 12.1. The molecule has 4 aliphatic rings. The first-order chi connectivity index (χ1) is 27.1. The van der Waals surface area contributed by atoms with Gasteiger partial charge in [0.2, 0.25) is 18.5 Å². The highest BCUT2D eigenvalue weighted by molar-refractivity contribution is 7.61. The first-order valence-corrected chi connectivity index (χ1v) is 20.2. The number of aliphatic hydroxyl groups excluding tert-OH is 5. The monoisotopic (exact) mass is 855 g/mol. The number of benzene rings is 1. The van der Waals surface area contributed by atoms with Crippen LogP contribution < -0.4 is 20.5 Å². The zero-order valence-electron chi connectivity index (χ0n) is 30.9. The zero-order valence-corrected chi connectivity index (χ0v) is 32.7. The second-order valence-electron chi connectivity index (χ2n) is 13.7. The minimum atomic E-state index is -5.60. The summed E-state index contributed by atoms with van der Waals surface area (Å²) in [5.41, 5.74) is 0.531.